The summed E-state index contributed by atoms with van der Waals surface area (Å²) in [6.45, 7) is 2.45. The molecule has 0 atom stereocenters. The predicted molar refractivity (Wildman–Crippen MR) is 118 cm³/mol. The second-order valence-corrected chi connectivity index (χ2v) is 8.19. The average molecular weight is 440 g/mol. The van der Waals surface area contributed by atoms with E-state index in [1.54, 1.807) is 36.5 Å². The zero-order chi connectivity index (χ0) is 21.8. The van der Waals surface area contributed by atoms with E-state index in [2.05, 4.69) is 9.88 Å². The van der Waals surface area contributed by atoms with Gasteiger partial charge < -0.3 is 4.90 Å². The predicted octanol–water partition coefficient (Wildman–Crippen LogP) is 4.63. The van der Waals surface area contributed by atoms with Gasteiger partial charge in [0.25, 0.3) is 5.91 Å². The van der Waals surface area contributed by atoms with Crippen molar-refractivity contribution < 1.29 is 13.6 Å². The minimum atomic E-state index is -0.293. The van der Waals surface area contributed by atoms with Gasteiger partial charge in [0.15, 0.2) is 0 Å². The van der Waals surface area contributed by atoms with Gasteiger partial charge in [-0.3, -0.25) is 9.69 Å². The van der Waals surface area contributed by atoms with Crippen LogP contribution in [-0.2, 0) is 0 Å². The third-order valence-corrected chi connectivity index (χ3v) is 6.25. The van der Waals surface area contributed by atoms with Gasteiger partial charge in [-0.2, -0.15) is 0 Å². The lowest BCUT2D eigenvalue weighted by Crippen LogP contribution is -2.50. The Morgan fingerprint density at radius 1 is 0.903 bits per heavy atom. The van der Waals surface area contributed by atoms with E-state index < -0.39 is 0 Å². The molecular weight excluding hydrogens is 416 g/mol. The molecular formula is C24H23F2N3OS. The standard InChI is InChI=1S/C24H23F2N3OS/c1-31-23-21(3-2-12-27-23)24(30)29-15-13-28(14-16-29)22(17-4-8-19(25)9-5-17)18-6-10-20(26)11-7-18/h2-12,22H,13-16H2,1H3. The zero-order valence-corrected chi connectivity index (χ0v) is 18.0. The highest BCUT2D eigenvalue weighted by Crippen LogP contribution is 2.30. The smallest absolute Gasteiger partial charge is 0.256 e. The number of rotatable bonds is 5. The van der Waals surface area contributed by atoms with Crippen molar-refractivity contribution in [2.45, 2.75) is 11.1 Å². The maximum atomic E-state index is 13.5. The van der Waals surface area contributed by atoms with E-state index in [-0.39, 0.29) is 23.6 Å². The van der Waals surface area contributed by atoms with Gasteiger partial charge >= 0.3 is 0 Å². The maximum Gasteiger partial charge on any atom is 0.256 e. The molecule has 0 radical (unpaired) electrons. The highest BCUT2D eigenvalue weighted by Gasteiger charge is 2.29. The number of halogens is 2. The summed E-state index contributed by atoms with van der Waals surface area (Å²) in [6.07, 6.45) is 3.60. The zero-order valence-electron chi connectivity index (χ0n) is 17.2. The van der Waals surface area contributed by atoms with Crippen molar-refractivity contribution in [3.63, 3.8) is 0 Å². The Bertz CT molecular complexity index is 990. The number of carbonyl (C=O) groups is 1. The molecule has 160 valence electrons. The Hall–Kier alpha value is -2.77. The molecule has 0 aliphatic carbocycles. The van der Waals surface area contributed by atoms with Crippen LogP contribution in [0.15, 0.2) is 71.9 Å². The molecule has 2 heterocycles. The summed E-state index contributed by atoms with van der Waals surface area (Å²) in [5.74, 6) is -0.603. The number of hydrogen-bond acceptors (Lipinski definition) is 4. The number of benzene rings is 2. The first-order valence-electron chi connectivity index (χ1n) is 10.1. The lowest BCUT2D eigenvalue weighted by Gasteiger charge is -2.40. The summed E-state index contributed by atoms with van der Waals surface area (Å²) in [4.78, 5) is 21.4. The number of amides is 1. The Labute approximate surface area is 184 Å². The number of piperazine rings is 1. The van der Waals surface area contributed by atoms with Crippen molar-refractivity contribution in [3.05, 3.63) is 95.2 Å². The van der Waals surface area contributed by atoms with Crippen LogP contribution >= 0.6 is 11.8 Å². The monoisotopic (exact) mass is 439 g/mol. The van der Waals surface area contributed by atoms with Gasteiger partial charge in [-0.05, 0) is 53.8 Å². The van der Waals surface area contributed by atoms with E-state index in [0.29, 0.717) is 31.7 Å². The number of pyridine rings is 1. The molecule has 7 heteroatoms. The average Bonchev–Trinajstić information content (AvgIpc) is 2.81. The Morgan fingerprint density at radius 3 is 1.97 bits per heavy atom. The molecule has 0 bridgehead atoms. The Morgan fingerprint density at radius 2 is 1.45 bits per heavy atom. The molecule has 1 fully saturated rings. The lowest BCUT2D eigenvalue weighted by molar-refractivity contribution is 0.0593. The lowest BCUT2D eigenvalue weighted by atomic mass is 9.96. The van der Waals surface area contributed by atoms with Gasteiger partial charge in [-0.1, -0.05) is 24.3 Å². The third-order valence-electron chi connectivity index (χ3n) is 5.53. The fourth-order valence-corrected chi connectivity index (χ4v) is 4.52. The first-order valence-corrected chi connectivity index (χ1v) is 11.3. The highest BCUT2D eigenvalue weighted by atomic mass is 32.2. The van der Waals surface area contributed by atoms with Crippen LogP contribution in [0.4, 0.5) is 8.78 Å². The first kappa shape index (κ1) is 21.5. The molecule has 1 aliphatic heterocycles. The van der Waals surface area contributed by atoms with Gasteiger partial charge in [0.2, 0.25) is 0 Å². The van der Waals surface area contributed by atoms with Crippen molar-refractivity contribution in [1.82, 2.24) is 14.8 Å². The second-order valence-electron chi connectivity index (χ2n) is 7.39. The summed E-state index contributed by atoms with van der Waals surface area (Å²) >= 11 is 1.46. The minimum Gasteiger partial charge on any atom is -0.336 e. The molecule has 4 rings (SSSR count). The van der Waals surface area contributed by atoms with Crippen LogP contribution in [0.5, 0.6) is 0 Å². The van der Waals surface area contributed by atoms with Crippen molar-refractivity contribution in [2.24, 2.45) is 0 Å². The molecule has 0 spiro atoms. The van der Waals surface area contributed by atoms with Gasteiger partial charge in [-0.15, -0.1) is 11.8 Å². The van der Waals surface area contributed by atoms with E-state index in [1.807, 2.05) is 17.2 Å². The van der Waals surface area contributed by atoms with Crippen LogP contribution in [0.3, 0.4) is 0 Å². The van der Waals surface area contributed by atoms with Crippen LogP contribution in [0.2, 0.25) is 0 Å². The minimum absolute atomic E-state index is 0.0165. The molecule has 31 heavy (non-hydrogen) atoms. The number of thioether (sulfide) groups is 1. The summed E-state index contributed by atoms with van der Waals surface area (Å²) < 4.78 is 27.0. The third kappa shape index (κ3) is 4.78. The van der Waals surface area contributed by atoms with Crippen molar-refractivity contribution in [3.8, 4) is 0 Å². The molecule has 0 unspecified atom stereocenters. The molecule has 1 amide bonds. The Kier molecular flexibility index (Phi) is 6.63. The van der Waals surface area contributed by atoms with Gasteiger partial charge in [0.1, 0.15) is 16.7 Å². The van der Waals surface area contributed by atoms with E-state index in [4.69, 9.17) is 0 Å². The fourth-order valence-electron chi connectivity index (χ4n) is 3.97. The summed E-state index contributed by atoms with van der Waals surface area (Å²) in [7, 11) is 0. The van der Waals surface area contributed by atoms with Crippen molar-refractivity contribution >= 4 is 17.7 Å². The second kappa shape index (κ2) is 9.58. The number of hydrogen-bond donors (Lipinski definition) is 0. The fraction of sp³-hybridized carbons (Fsp3) is 0.250. The van der Waals surface area contributed by atoms with Crippen molar-refractivity contribution in [2.75, 3.05) is 32.4 Å². The number of carbonyl (C=O) groups excluding carboxylic acids is 1. The van der Waals surface area contributed by atoms with Crippen LogP contribution in [0.1, 0.15) is 27.5 Å². The largest absolute Gasteiger partial charge is 0.336 e. The van der Waals surface area contributed by atoms with E-state index in [9.17, 15) is 13.6 Å². The van der Waals surface area contributed by atoms with Gasteiger partial charge in [0, 0.05) is 32.4 Å². The molecule has 1 saturated heterocycles. The first-order chi connectivity index (χ1) is 15.1. The van der Waals surface area contributed by atoms with Gasteiger partial charge in [0.05, 0.1) is 11.6 Å². The summed E-state index contributed by atoms with van der Waals surface area (Å²) in [5.41, 5.74) is 2.49. The quantitative estimate of drug-likeness (QED) is 0.543. The topological polar surface area (TPSA) is 36.4 Å². The van der Waals surface area contributed by atoms with E-state index >= 15 is 0 Å². The molecule has 0 saturated carbocycles. The SMILES string of the molecule is CSc1ncccc1C(=O)N1CCN(C(c2ccc(F)cc2)c2ccc(F)cc2)CC1. The highest BCUT2D eigenvalue weighted by molar-refractivity contribution is 7.98. The maximum absolute atomic E-state index is 13.5. The van der Waals surface area contributed by atoms with E-state index in [0.717, 1.165) is 16.2 Å². The molecule has 2 aromatic carbocycles. The van der Waals surface area contributed by atoms with Crippen LogP contribution < -0.4 is 0 Å². The van der Waals surface area contributed by atoms with Crippen molar-refractivity contribution in [1.29, 1.82) is 0 Å². The van der Waals surface area contributed by atoms with Crippen LogP contribution in [0.25, 0.3) is 0 Å². The van der Waals surface area contributed by atoms with Crippen LogP contribution in [0, 0.1) is 11.6 Å². The molecule has 1 aromatic heterocycles. The van der Waals surface area contributed by atoms with Crippen LogP contribution in [-0.4, -0.2) is 53.1 Å². The molecule has 3 aromatic rings. The molecule has 4 nitrogen and oxygen atoms in total. The van der Waals surface area contributed by atoms with Gasteiger partial charge in [-0.25, -0.2) is 13.8 Å². The Balaban J connectivity index is 1.54. The normalized spacial score (nSPS) is 14.8. The molecule has 0 N–H and O–H groups in total. The summed E-state index contributed by atoms with van der Waals surface area (Å²) in [5, 5.41) is 0.727. The number of nitrogens with zero attached hydrogens (tertiary/aromatic N) is 3. The summed E-state index contributed by atoms with van der Waals surface area (Å²) in [6, 6.07) is 16.3. The number of aromatic nitrogens is 1. The van der Waals surface area contributed by atoms with E-state index in [1.165, 1.54) is 36.0 Å². The molecule has 1 aliphatic rings.